The molecule has 5 heteroatoms. The second-order valence-corrected chi connectivity index (χ2v) is 4.70. The van der Waals surface area contributed by atoms with Crippen LogP contribution in [0.4, 0.5) is 18.9 Å². The van der Waals surface area contributed by atoms with Crippen LogP contribution in [0.1, 0.15) is 26.7 Å². The number of benzene rings is 1. The van der Waals surface area contributed by atoms with Crippen molar-refractivity contribution >= 4 is 5.69 Å². The topological polar surface area (TPSA) is 21.3 Å². The van der Waals surface area contributed by atoms with Gasteiger partial charge in [0.2, 0.25) is 0 Å². The molecule has 1 aromatic carbocycles. The van der Waals surface area contributed by atoms with Crippen molar-refractivity contribution in [2.45, 2.75) is 32.9 Å². The molecule has 1 N–H and O–H groups in total. The van der Waals surface area contributed by atoms with E-state index in [1.165, 1.54) is 0 Å². The minimum atomic E-state index is -4.30. The molecule has 0 radical (unpaired) electrons. The summed E-state index contributed by atoms with van der Waals surface area (Å²) in [7, 11) is 0. The largest absolute Gasteiger partial charge is 0.484 e. The molecular formula is C14H20F3NO. The molecule has 0 aliphatic heterocycles. The summed E-state index contributed by atoms with van der Waals surface area (Å²) in [5.74, 6) is 0.802. The van der Waals surface area contributed by atoms with Gasteiger partial charge in [-0.2, -0.15) is 13.2 Å². The first-order chi connectivity index (χ1) is 8.90. The van der Waals surface area contributed by atoms with Gasteiger partial charge in [-0.1, -0.05) is 20.3 Å². The zero-order chi connectivity index (χ0) is 14.3. The van der Waals surface area contributed by atoms with Gasteiger partial charge in [0.1, 0.15) is 5.75 Å². The minimum absolute atomic E-state index is 0.226. The van der Waals surface area contributed by atoms with E-state index in [0.717, 1.165) is 25.1 Å². The number of rotatable bonds is 7. The van der Waals surface area contributed by atoms with E-state index in [9.17, 15) is 13.2 Å². The number of hydrogen-bond donors (Lipinski definition) is 1. The van der Waals surface area contributed by atoms with Crippen molar-refractivity contribution in [3.8, 4) is 5.75 Å². The van der Waals surface area contributed by atoms with Crippen LogP contribution in [0.5, 0.6) is 5.75 Å². The van der Waals surface area contributed by atoms with Crippen LogP contribution in [-0.4, -0.2) is 19.3 Å². The van der Waals surface area contributed by atoms with Gasteiger partial charge in [-0.25, -0.2) is 0 Å². The van der Waals surface area contributed by atoms with Gasteiger partial charge in [-0.3, -0.25) is 0 Å². The molecule has 1 unspecified atom stereocenters. The zero-order valence-electron chi connectivity index (χ0n) is 11.3. The lowest BCUT2D eigenvalue weighted by Crippen LogP contribution is -2.19. The summed E-state index contributed by atoms with van der Waals surface area (Å²) in [5, 5.41) is 3.25. The van der Waals surface area contributed by atoms with Crippen molar-refractivity contribution in [3.05, 3.63) is 24.3 Å². The zero-order valence-corrected chi connectivity index (χ0v) is 11.3. The maximum atomic E-state index is 12.0. The van der Waals surface area contributed by atoms with Gasteiger partial charge in [0.25, 0.3) is 0 Å². The first-order valence-corrected chi connectivity index (χ1v) is 6.44. The predicted octanol–water partition coefficient (Wildman–Crippen LogP) is 4.48. The fourth-order valence-corrected chi connectivity index (χ4v) is 1.72. The summed E-state index contributed by atoms with van der Waals surface area (Å²) >= 11 is 0. The second-order valence-electron chi connectivity index (χ2n) is 4.70. The molecule has 1 atom stereocenters. The standard InChI is InChI=1S/C14H20F3NO/c1-3-4-11(2)9-18-12-5-7-13(8-6-12)19-10-14(15,16)17/h5-8,11,18H,3-4,9-10H2,1-2H3. The van der Waals surface area contributed by atoms with Crippen LogP contribution >= 0.6 is 0 Å². The highest BCUT2D eigenvalue weighted by Crippen LogP contribution is 2.20. The van der Waals surface area contributed by atoms with Crippen LogP contribution in [0.2, 0.25) is 0 Å². The highest BCUT2D eigenvalue weighted by molar-refractivity contribution is 5.46. The Bertz CT molecular complexity index is 362. The lowest BCUT2D eigenvalue weighted by Gasteiger charge is -2.13. The Hall–Kier alpha value is -1.39. The molecule has 1 aromatic rings. The highest BCUT2D eigenvalue weighted by atomic mass is 19.4. The van der Waals surface area contributed by atoms with Crippen LogP contribution in [0.15, 0.2) is 24.3 Å². The van der Waals surface area contributed by atoms with Crippen LogP contribution in [0.3, 0.4) is 0 Å². The van der Waals surface area contributed by atoms with Gasteiger partial charge < -0.3 is 10.1 Å². The Morgan fingerprint density at radius 2 is 1.84 bits per heavy atom. The summed E-state index contributed by atoms with van der Waals surface area (Å²) in [6.07, 6.45) is -2.00. The Morgan fingerprint density at radius 1 is 1.21 bits per heavy atom. The van der Waals surface area contributed by atoms with E-state index in [0.29, 0.717) is 5.92 Å². The Labute approximate surface area is 112 Å². The van der Waals surface area contributed by atoms with Gasteiger partial charge in [-0.15, -0.1) is 0 Å². The molecule has 0 bridgehead atoms. The van der Waals surface area contributed by atoms with Crippen molar-refractivity contribution in [1.29, 1.82) is 0 Å². The van der Waals surface area contributed by atoms with E-state index in [4.69, 9.17) is 0 Å². The molecule has 0 fully saturated rings. The molecule has 0 aliphatic carbocycles. The van der Waals surface area contributed by atoms with Gasteiger partial charge in [0, 0.05) is 12.2 Å². The molecule has 0 amide bonds. The third kappa shape index (κ3) is 6.94. The molecule has 0 saturated heterocycles. The van der Waals surface area contributed by atoms with E-state index >= 15 is 0 Å². The first kappa shape index (κ1) is 15.7. The van der Waals surface area contributed by atoms with Crippen molar-refractivity contribution in [2.75, 3.05) is 18.5 Å². The molecule has 2 nitrogen and oxygen atoms in total. The smallest absolute Gasteiger partial charge is 0.422 e. The van der Waals surface area contributed by atoms with Crippen LogP contribution in [-0.2, 0) is 0 Å². The highest BCUT2D eigenvalue weighted by Gasteiger charge is 2.28. The lowest BCUT2D eigenvalue weighted by atomic mass is 10.1. The molecule has 0 aromatic heterocycles. The quantitative estimate of drug-likeness (QED) is 0.792. The van der Waals surface area contributed by atoms with Gasteiger partial charge in [0.15, 0.2) is 6.61 Å². The molecule has 0 aliphatic rings. The summed E-state index contributed by atoms with van der Waals surface area (Å²) in [6.45, 7) is 3.91. The third-order valence-corrected chi connectivity index (χ3v) is 2.69. The summed E-state index contributed by atoms with van der Waals surface area (Å²) in [6, 6.07) is 6.53. The Kier molecular flexibility index (Phi) is 5.99. The monoisotopic (exact) mass is 275 g/mol. The van der Waals surface area contributed by atoms with Crippen molar-refractivity contribution in [1.82, 2.24) is 0 Å². The average Bonchev–Trinajstić information content (AvgIpc) is 2.34. The molecule has 19 heavy (non-hydrogen) atoms. The maximum absolute atomic E-state index is 12.0. The number of nitrogens with one attached hydrogen (secondary N) is 1. The van der Waals surface area contributed by atoms with Crippen LogP contribution in [0.25, 0.3) is 0 Å². The number of anilines is 1. The molecule has 0 spiro atoms. The van der Waals surface area contributed by atoms with Crippen molar-refractivity contribution < 1.29 is 17.9 Å². The number of halogens is 3. The number of alkyl halides is 3. The van der Waals surface area contributed by atoms with Crippen LogP contribution in [0, 0.1) is 5.92 Å². The van der Waals surface area contributed by atoms with Gasteiger partial charge in [0.05, 0.1) is 0 Å². The Balaban J connectivity index is 2.39. The minimum Gasteiger partial charge on any atom is -0.484 e. The summed E-state index contributed by atoms with van der Waals surface area (Å²) < 4.78 is 40.5. The fourth-order valence-electron chi connectivity index (χ4n) is 1.72. The SMILES string of the molecule is CCCC(C)CNc1ccc(OCC(F)(F)F)cc1. The normalized spacial score (nSPS) is 13.1. The average molecular weight is 275 g/mol. The van der Waals surface area contributed by atoms with Gasteiger partial charge in [-0.05, 0) is 36.6 Å². The molecule has 0 heterocycles. The third-order valence-electron chi connectivity index (χ3n) is 2.69. The van der Waals surface area contributed by atoms with E-state index in [2.05, 4.69) is 23.9 Å². The molecule has 1 rings (SSSR count). The van der Waals surface area contributed by atoms with E-state index < -0.39 is 12.8 Å². The lowest BCUT2D eigenvalue weighted by molar-refractivity contribution is -0.153. The number of hydrogen-bond acceptors (Lipinski definition) is 2. The van der Waals surface area contributed by atoms with E-state index in [1.54, 1.807) is 24.3 Å². The second kappa shape index (κ2) is 7.26. The van der Waals surface area contributed by atoms with Crippen LogP contribution < -0.4 is 10.1 Å². The van der Waals surface area contributed by atoms with Crippen molar-refractivity contribution in [2.24, 2.45) is 5.92 Å². The maximum Gasteiger partial charge on any atom is 0.422 e. The summed E-state index contributed by atoms with van der Waals surface area (Å²) in [4.78, 5) is 0. The van der Waals surface area contributed by atoms with Crippen molar-refractivity contribution in [3.63, 3.8) is 0 Å². The first-order valence-electron chi connectivity index (χ1n) is 6.44. The molecule has 0 saturated carbocycles. The summed E-state index contributed by atoms with van der Waals surface area (Å²) in [5.41, 5.74) is 0.891. The van der Waals surface area contributed by atoms with E-state index in [1.807, 2.05) is 0 Å². The fraction of sp³-hybridized carbons (Fsp3) is 0.571. The van der Waals surface area contributed by atoms with E-state index in [-0.39, 0.29) is 5.75 Å². The predicted molar refractivity (Wildman–Crippen MR) is 70.6 cm³/mol. The van der Waals surface area contributed by atoms with Gasteiger partial charge >= 0.3 is 6.18 Å². The number of ether oxygens (including phenoxy) is 1. The molecular weight excluding hydrogens is 255 g/mol. The molecule has 108 valence electrons. The Morgan fingerprint density at radius 3 is 2.37 bits per heavy atom.